The average molecular weight is 293 g/mol. The Bertz CT molecular complexity index is 473. The van der Waals surface area contributed by atoms with E-state index in [1.807, 2.05) is 31.2 Å². The highest BCUT2D eigenvalue weighted by Crippen LogP contribution is 2.16. The van der Waals surface area contributed by atoms with E-state index in [2.05, 4.69) is 5.32 Å². The molecule has 0 bridgehead atoms. The van der Waals surface area contributed by atoms with Gasteiger partial charge in [0, 0.05) is 13.0 Å². The number of benzene rings is 1. The Hall–Kier alpha value is -2.04. The summed E-state index contributed by atoms with van der Waals surface area (Å²) in [7, 11) is 0. The van der Waals surface area contributed by atoms with Crippen molar-refractivity contribution in [3.8, 4) is 5.75 Å². The van der Waals surface area contributed by atoms with Crippen molar-refractivity contribution in [3.05, 3.63) is 29.8 Å². The molecule has 5 heteroatoms. The third-order valence-corrected chi connectivity index (χ3v) is 3.22. The van der Waals surface area contributed by atoms with Crippen LogP contribution in [-0.4, -0.2) is 30.1 Å². The van der Waals surface area contributed by atoms with Gasteiger partial charge in [-0.3, -0.25) is 9.59 Å². The van der Waals surface area contributed by atoms with Gasteiger partial charge >= 0.3 is 5.97 Å². The number of para-hydroxylation sites is 1. The Balaban J connectivity index is 2.11. The van der Waals surface area contributed by atoms with Gasteiger partial charge < -0.3 is 15.2 Å². The molecule has 0 aliphatic rings. The minimum Gasteiger partial charge on any atom is -0.493 e. The van der Waals surface area contributed by atoms with E-state index in [4.69, 9.17) is 9.84 Å². The molecule has 5 nitrogen and oxygen atoms in total. The van der Waals surface area contributed by atoms with E-state index in [9.17, 15) is 9.59 Å². The minimum atomic E-state index is -0.837. The van der Waals surface area contributed by atoms with E-state index in [0.717, 1.165) is 11.3 Å². The molecule has 0 spiro atoms. The first-order valence-corrected chi connectivity index (χ1v) is 7.18. The number of aliphatic carboxylic acids is 1. The molecule has 1 aromatic carbocycles. The first-order valence-electron chi connectivity index (χ1n) is 7.18. The molecule has 0 fully saturated rings. The maximum atomic E-state index is 11.6. The lowest BCUT2D eigenvalue weighted by Crippen LogP contribution is -2.27. The molecule has 0 saturated heterocycles. The number of nitrogens with one attached hydrogen (secondary N) is 1. The van der Waals surface area contributed by atoms with Crippen molar-refractivity contribution in [2.24, 2.45) is 5.92 Å². The van der Waals surface area contributed by atoms with E-state index < -0.39 is 11.9 Å². The monoisotopic (exact) mass is 293 g/mol. The number of rotatable bonds is 9. The molecule has 0 radical (unpaired) electrons. The lowest BCUT2D eigenvalue weighted by molar-refractivity contribution is -0.141. The third kappa shape index (κ3) is 6.79. The number of ether oxygens (including phenoxy) is 1. The molecule has 0 saturated carbocycles. The van der Waals surface area contributed by atoms with Crippen LogP contribution in [0.4, 0.5) is 0 Å². The fourth-order valence-corrected chi connectivity index (χ4v) is 1.77. The number of carboxylic acids is 1. The predicted octanol–water partition coefficient (Wildman–Crippen LogP) is 2.38. The van der Waals surface area contributed by atoms with Crippen LogP contribution in [0.1, 0.15) is 31.7 Å². The molecule has 21 heavy (non-hydrogen) atoms. The highest BCUT2D eigenvalue weighted by molar-refractivity contribution is 5.76. The van der Waals surface area contributed by atoms with Gasteiger partial charge in [-0.25, -0.2) is 0 Å². The summed E-state index contributed by atoms with van der Waals surface area (Å²) in [4.78, 5) is 22.2. The lowest BCUT2D eigenvalue weighted by atomic mass is 10.1. The van der Waals surface area contributed by atoms with Gasteiger partial charge in [-0.2, -0.15) is 0 Å². The number of carboxylic acid groups (broad SMARTS) is 1. The number of hydrogen-bond acceptors (Lipinski definition) is 3. The van der Waals surface area contributed by atoms with E-state index in [-0.39, 0.29) is 5.91 Å². The number of carbonyl (C=O) groups excluding carboxylic acids is 1. The van der Waals surface area contributed by atoms with E-state index in [0.29, 0.717) is 32.4 Å². The van der Waals surface area contributed by atoms with Crippen molar-refractivity contribution < 1.29 is 19.4 Å². The molecule has 116 valence electrons. The molecular weight excluding hydrogens is 270 g/mol. The quantitative estimate of drug-likeness (QED) is 0.685. The number of carbonyl (C=O) groups is 2. The van der Waals surface area contributed by atoms with Crippen LogP contribution in [-0.2, 0) is 9.59 Å². The second kappa shape index (κ2) is 9.00. The smallest absolute Gasteiger partial charge is 0.306 e. The summed E-state index contributed by atoms with van der Waals surface area (Å²) in [6.07, 6.45) is 1.46. The molecule has 1 amide bonds. The fraction of sp³-hybridized carbons (Fsp3) is 0.500. The SMILES string of the molecule is Cc1ccccc1OCCCC(=O)NCCC(C)C(=O)O. The third-order valence-electron chi connectivity index (χ3n) is 3.22. The van der Waals surface area contributed by atoms with Crippen molar-refractivity contribution in [3.63, 3.8) is 0 Å². The Morgan fingerprint density at radius 1 is 1.33 bits per heavy atom. The zero-order chi connectivity index (χ0) is 15.7. The van der Waals surface area contributed by atoms with Crippen molar-refractivity contribution in [2.45, 2.75) is 33.1 Å². The second-order valence-corrected chi connectivity index (χ2v) is 5.10. The first-order chi connectivity index (χ1) is 10.0. The van der Waals surface area contributed by atoms with E-state index in [1.165, 1.54) is 0 Å². The molecule has 0 aliphatic heterocycles. The fourth-order valence-electron chi connectivity index (χ4n) is 1.77. The summed E-state index contributed by atoms with van der Waals surface area (Å²) in [6, 6.07) is 7.75. The summed E-state index contributed by atoms with van der Waals surface area (Å²) < 4.78 is 5.60. The normalized spacial score (nSPS) is 11.7. The Labute approximate surface area is 125 Å². The number of aryl methyl sites for hydroxylation is 1. The zero-order valence-electron chi connectivity index (χ0n) is 12.6. The van der Waals surface area contributed by atoms with E-state index in [1.54, 1.807) is 6.92 Å². The first kappa shape index (κ1) is 17.0. The van der Waals surface area contributed by atoms with Crippen LogP contribution >= 0.6 is 0 Å². The van der Waals surface area contributed by atoms with Gasteiger partial charge in [-0.05, 0) is 31.4 Å². The van der Waals surface area contributed by atoms with Gasteiger partial charge in [-0.1, -0.05) is 25.1 Å². The lowest BCUT2D eigenvalue weighted by Gasteiger charge is -2.09. The van der Waals surface area contributed by atoms with Gasteiger partial charge in [0.25, 0.3) is 0 Å². The maximum Gasteiger partial charge on any atom is 0.306 e. The molecule has 1 atom stereocenters. The largest absolute Gasteiger partial charge is 0.493 e. The van der Waals surface area contributed by atoms with Crippen LogP contribution < -0.4 is 10.1 Å². The Kier molecular flexibility index (Phi) is 7.29. The Morgan fingerprint density at radius 3 is 2.71 bits per heavy atom. The summed E-state index contributed by atoms with van der Waals surface area (Å²) in [5.41, 5.74) is 1.07. The van der Waals surface area contributed by atoms with E-state index >= 15 is 0 Å². The zero-order valence-corrected chi connectivity index (χ0v) is 12.6. The molecule has 0 heterocycles. The average Bonchev–Trinajstić information content (AvgIpc) is 2.45. The van der Waals surface area contributed by atoms with Crippen molar-refractivity contribution in [1.29, 1.82) is 0 Å². The number of hydrogen-bond donors (Lipinski definition) is 2. The molecule has 0 aliphatic carbocycles. The van der Waals surface area contributed by atoms with Crippen LogP contribution in [0.25, 0.3) is 0 Å². The van der Waals surface area contributed by atoms with Crippen molar-refractivity contribution in [1.82, 2.24) is 5.32 Å². The van der Waals surface area contributed by atoms with Gasteiger partial charge in [-0.15, -0.1) is 0 Å². The standard InChI is InChI=1S/C16H23NO4/c1-12-6-3-4-7-14(12)21-11-5-8-15(18)17-10-9-13(2)16(19)20/h3-4,6-7,13H,5,8-11H2,1-2H3,(H,17,18)(H,19,20). The van der Waals surface area contributed by atoms with Crippen LogP contribution in [0, 0.1) is 12.8 Å². The summed E-state index contributed by atoms with van der Waals surface area (Å²) in [5, 5.41) is 11.4. The summed E-state index contributed by atoms with van der Waals surface area (Å²) in [6.45, 7) is 4.49. The molecular formula is C16H23NO4. The van der Waals surface area contributed by atoms with Crippen LogP contribution in [0.15, 0.2) is 24.3 Å². The van der Waals surface area contributed by atoms with Crippen molar-refractivity contribution in [2.75, 3.05) is 13.2 Å². The molecule has 1 rings (SSSR count). The molecule has 1 unspecified atom stereocenters. The molecule has 0 aromatic heterocycles. The van der Waals surface area contributed by atoms with Gasteiger partial charge in [0.2, 0.25) is 5.91 Å². The van der Waals surface area contributed by atoms with Crippen LogP contribution in [0.2, 0.25) is 0 Å². The molecule has 1 aromatic rings. The van der Waals surface area contributed by atoms with Crippen molar-refractivity contribution >= 4 is 11.9 Å². The Morgan fingerprint density at radius 2 is 2.05 bits per heavy atom. The van der Waals surface area contributed by atoms with Crippen LogP contribution in [0.3, 0.4) is 0 Å². The number of amides is 1. The van der Waals surface area contributed by atoms with Gasteiger partial charge in [0.05, 0.1) is 12.5 Å². The maximum absolute atomic E-state index is 11.6. The van der Waals surface area contributed by atoms with Crippen LogP contribution in [0.5, 0.6) is 5.75 Å². The summed E-state index contributed by atoms with van der Waals surface area (Å²) >= 11 is 0. The predicted molar refractivity (Wildman–Crippen MR) is 80.3 cm³/mol. The van der Waals surface area contributed by atoms with Gasteiger partial charge in [0.1, 0.15) is 5.75 Å². The highest BCUT2D eigenvalue weighted by atomic mass is 16.5. The summed E-state index contributed by atoms with van der Waals surface area (Å²) in [5.74, 6) is -0.500. The minimum absolute atomic E-state index is 0.0685. The van der Waals surface area contributed by atoms with Gasteiger partial charge in [0.15, 0.2) is 0 Å². The second-order valence-electron chi connectivity index (χ2n) is 5.10. The topological polar surface area (TPSA) is 75.6 Å². The molecule has 2 N–H and O–H groups in total. The highest BCUT2D eigenvalue weighted by Gasteiger charge is 2.10.